The lowest BCUT2D eigenvalue weighted by molar-refractivity contribution is -0.137. The third kappa shape index (κ3) is 5.78. The zero-order chi connectivity index (χ0) is 12.0. The highest BCUT2D eigenvalue weighted by Crippen LogP contribution is 2.14. The lowest BCUT2D eigenvalue weighted by atomic mass is 10.0. The Labute approximate surface area is 93.5 Å². The molecule has 1 N–H and O–H groups in total. The van der Waals surface area contributed by atoms with Crippen LogP contribution in [-0.4, -0.2) is 34.6 Å². The minimum Gasteiger partial charge on any atom is -0.481 e. The molecule has 0 rings (SSSR count). The number of carboxylic acid groups (broad SMARTS) is 1. The van der Waals surface area contributed by atoms with Gasteiger partial charge in [0.1, 0.15) is 0 Å². The van der Waals surface area contributed by atoms with Gasteiger partial charge in [-0.2, -0.15) is 0 Å². The first-order valence-electron chi connectivity index (χ1n) is 5.83. The van der Waals surface area contributed by atoms with E-state index in [0.717, 1.165) is 13.0 Å². The van der Waals surface area contributed by atoms with Gasteiger partial charge in [-0.05, 0) is 39.7 Å². The summed E-state index contributed by atoms with van der Waals surface area (Å²) in [5, 5.41) is 8.59. The molecule has 0 radical (unpaired) electrons. The molecule has 0 aromatic heterocycles. The maximum atomic E-state index is 10.4. The van der Waals surface area contributed by atoms with Crippen LogP contribution in [0.25, 0.3) is 0 Å². The van der Waals surface area contributed by atoms with Crippen molar-refractivity contribution in [2.45, 2.75) is 59.5 Å². The molecule has 0 amide bonds. The number of carboxylic acids is 1. The molecule has 0 aromatic rings. The second-order valence-corrected chi connectivity index (χ2v) is 4.81. The number of aliphatic carboxylic acids is 1. The van der Waals surface area contributed by atoms with Crippen LogP contribution in [0.15, 0.2) is 0 Å². The van der Waals surface area contributed by atoms with Crippen molar-refractivity contribution in [2.24, 2.45) is 5.92 Å². The smallest absolute Gasteiger partial charge is 0.303 e. The van der Waals surface area contributed by atoms with Crippen LogP contribution < -0.4 is 0 Å². The summed E-state index contributed by atoms with van der Waals surface area (Å²) >= 11 is 0. The largest absolute Gasteiger partial charge is 0.481 e. The zero-order valence-corrected chi connectivity index (χ0v) is 10.7. The molecule has 0 saturated carbocycles. The normalized spacial score (nSPS) is 13.9. The fourth-order valence-electron chi connectivity index (χ4n) is 1.73. The number of hydrogen-bond donors (Lipinski definition) is 1. The summed E-state index contributed by atoms with van der Waals surface area (Å²) in [4.78, 5) is 12.8. The van der Waals surface area contributed by atoms with Gasteiger partial charge in [0.2, 0.25) is 0 Å². The first-order valence-corrected chi connectivity index (χ1v) is 5.83. The maximum Gasteiger partial charge on any atom is 0.303 e. The molecule has 15 heavy (non-hydrogen) atoms. The average molecular weight is 215 g/mol. The fraction of sp³-hybridized carbons (Fsp3) is 0.917. The molecular weight excluding hydrogens is 190 g/mol. The first kappa shape index (κ1) is 14.4. The van der Waals surface area contributed by atoms with Gasteiger partial charge >= 0.3 is 5.97 Å². The first-order chi connectivity index (χ1) is 6.86. The molecule has 0 aliphatic carbocycles. The molecule has 1 atom stereocenters. The fourth-order valence-corrected chi connectivity index (χ4v) is 1.73. The molecular formula is C12H25NO2. The van der Waals surface area contributed by atoms with Gasteiger partial charge in [0.05, 0.1) is 0 Å². The van der Waals surface area contributed by atoms with Gasteiger partial charge in [-0.15, -0.1) is 0 Å². The molecule has 1 unspecified atom stereocenters. The van der Waals surface area contributed by atoms with Gasteiger partial charge in [-0.1, -0.05) is 13.8 Å². The maximum absolute atomic E-state index is 10.4. The summed E-state index contributed by atoms with van der Waals surface area (Å²) in [6.45, 7) is 11.8. The molecule has 0 bridgehead atoms. The molecule has 0 fully saturated rings. The van der Waals surface area contributed by atoms with E-state index >= 15 is 0 Å². The van der Waals surface area contributed by atoms with E-state index < -0.39 is 5.97 Å². The molecule has 0 spiro atoms. The lowest BCUT2D eigenvalue weighted by Crippen LogP contribution is -2.42. The predicted octanol–water partition coefficient (Wildman–Crippen LogP) is 2.61. The van der Waals surface area contributed by atoms with Gasteiger partial charge in [0, 0.05) is 18.5 Å². The Bertz CT molecular complexity index is 190. The average Bonchev–Trinajstić information content (AvgIpc) is 2.10. The number of hydrogen-bond acceptors (Lipinski definition) is 2. The van der Waals surface area contributed by atoms with Crippen molar-refractivity contribution in [3.8, 4) is 0 Å². The quantitative estimate of drug-likeness (QED) is 0.709. The monoisotopic (exact) mass is 215 g/mol. The van der Waals surface area contributed by atoms with Crippen molar-refractivity contribution in [1.82, 2.24) is 4.90 Å². The second kappa shape index (κ2) is 6.83. The van der Waals surface area contributed by atoms with Crippen LogP contribution in [-0.2, 0) is 4.79 Å². The molecule has 0 aromatic carbocycles. The van der Waals surface area contributed by atoms with E-state index in [4.69, 9.17) is 5.11 Å². The summed E-state index contributed by atoms with van der Waals surface area (Å²) in [5.74, 6) is -0.0897. The Kier molecular flexibility index (Phi) is 6.57. The van der Waals surface area contributed by atoms with Crippen molar-refractivity contribution >= 4 is 5.97 Å². The van der Waals surface area contributed by atoms with Gasteiger partial charge in [0.25, 0.3) is 0 Å². The zero-order valence-electron chi connectivity index (χ0n) is 10.7. The highest BCUT2D eigenvalue weighted by atomic mass is 16.4. The van der Waals surface area contributed by atoms with E-state index in [0.29, 0.717) is 18.0 Å². The van der Waals surface area contributed by atoms with Crippen LogP contribution in [0.3, 0.4) is 0 Å². The summed E-state index contributed by atoms with van der Waals surface area (Å²) in [6, 6.07) is 0.995. The third-order valence-corrected chi connectivity index (χ3v) is 2.96. The van der Waals surface area contributed by atoms with Gasteiger partial charge in [-0.3, -0.25) is 9.69 Å². The molecule has 3 heteroatoms. The number of nitrogens with zero attached hydrogens (tertiary/aromatic N) is 1. The number of carbonyl (C=O) groups is 1. The molecule has 0 aliphatic rings. The highest BCUT2D eigenvalue weighted by Gasteiger charge is 2.19. The van der Waals surface area contributed by atoms with Crippen LogP contribution in [0, 0.1) is 5.92 Å². The van der Waals surface area contributed by atoms with Crippen LogP contribution >= 0.6 is 0 Å². The Morgan fingerprint density at radius 3 is 2.07 bits per heavy atom. The predicted molar refractivity (Wildman–Crippen MR) is 63.0 cm³/mol. The molecule has 0 aliphatic heterocycles. The minimum atomic E-state index is -0.698. The van der Waals surface area contributed by atoms with Crippen molar-refractivity contribution in [2.75, 3.05) is 6.54 Å². The van der Waals surface area contributed by atoms with E-state index in [1.165, 1.54) is 0 Å². The van der Waals surface area contributed by atoms with Crippen LogP contribution in [0.5, 0.6) is 0 Å². The third-order valence-electron chi connectivity index (χ3n) is 2.96. The van der Waals surface area contributed by atoms with Crippen molar-refractivity contribution in [3.63, 3.8) is 0 Å². The van der Waals surface area contributed by atoms with Crippen LogP contribution in [0.1, 0.15) is 47.5 Å². The molecule has 3 nitrogen and oxygen atoms in total. The highest BCUT2D eigenvalue weighted by molar-refractivity contribution is 5.66. The standard InChI is InChI=1S/C12H25NO2/c1-9(2)11(5)13(10(3)4)8-6-7-12(14)15/h9-11H,6-8H2,1-5H3,(H,14,15). The molecule has 0 heterocycles. The lowest BCUT2D eigenvalue weighted by Gasteiger charge is -2.35. The SMILES string of the molecule is CC(C)C(C)N(CCCC(=O)O)C(C)C. The Morgan fingerprint density at radius 2 is 1.73 bits per heavy atom. The van der Waals surface area contributed by atoms with Crippen molar-refractivity contribution in [3.05, 3.63) is 0 Å². The van der Waals surface area contributed by atoms with Crippen molar-refractivity contribution < 1.29 is 9.90 Å². The van der Waals surface area contributed by atoms with E-state index in [1.54, 1.807) is 0 Å². The van der Waals surface area contributed by atoms with Gasteiger partial charge in [0.15, 0.2) is 0 Å². The number of rotatable bonds is 7. The Hall–Kier alpha value is -0.570. The van der Waals surface area contributed by atoms with E-state index in [9.17, 15) is 4.79 Å². The summed E-state index contributed by atoms with van der Waals surface area (Å²) in [7, 11) is 0. The summed E-state index contributed by atoms with van der Waals surface area (Å²) in [6.07, 6.45) is 1.01. The van der Waals surface area contributed by atoms with Crippen LogP contribution in [0.4, 0.5) is 0 Å². The van der Waals surface area contributed by atoms with Crippen LogP contribution in [0.2, 0.25) is 0 Å². The van der Waals surface area contributed by atoms with E-state index in [-0.39, 0.29) is 6.42 Å². The molecule has 0 saturated heterocycles. The van der Waals surface area contributed by atoms with Crippen molar-refractivity contribution in [1.29, 1.82) is 0 Å². The van der Waals surface area contributed by atoms with E-state index in [1.807, 2.05) is 0 Å². The second-order valence-electron chi connectivity index (χ2n) is 4.81. The summed E-state index contributed by atoms with van der Waals surface area (Å²) < 4.78 is 0. The topological polar surface area (TPSA) is 40.5 Å². The van der Waals surface area contributed by atoms with Gasteiger partial charge < -0.3 is 5.11 Å². The van der Waals surface area contributed by atoms with E-state index in [2.05, 4.69) is 39.5 Å². The summed E-state index contributed by atoms with van der Waals surface area (Å²) in [5.41, 5.74) is 0. The minimum absolute atomic E-state index is 0.272. The Balaban J connectivity index is 4.10. The molecule has 90 valence electrons. The Morgan fingerprint density at radius 1 is 1.20 bits per heavy atom. The van der Waals surface area contributed by atoms with Gasteiger partial charge in [-0.25, -0.2) is 0 Å².